The lowest BCUT2D eigenvalue weighted by molar-refractivity contribution is -0.126. The van der Waals surface area contributed by atoms with E-state index in [2.05, 4.69) is 94.2 Å². The Labute approximate surface area is 198 Å². The average Bonchev–Trinajstić information content (AvgIpc) is 2.75. The second-order valence-electron chi connectivity index (χ2n) is 9.47. The Hall–Kier alpha value is -0.930. The maximum absolute atomic E-state index is 14.4. The van der Waals surface area contributed by atoms with E-state index in [1.54, 1.807) is 0 Å². The third-order valence-electron chi connectivity index (χ3n) is 7.39. The van der Waals surface area contributed by atoms with Gasteiger partial charge in [0.25, 0.3) is 0 Å². The van der Waals surface area contributed by atoms with Gasteiger partial charge < -0.3 is 0 Å². The topological polar surface area (TPSA) is 17.1 Å². The lowest BCUT2D eigenvalue weighted by Crippen LogP contribution is -2.54. The molecule has 0 amide bonds. The van der Waals surface area contributed by atoms with Crippen molar-refractivity contribution in [2.45, 2.75) is 85.7 Å². The number of alkyl halides is 2. The Kier molecular flexibility index (Phi) is 6.61. The monoisotopic (exact) mass is 530 g/mol. The normalized spacial score (nSPS) is 32.0. The highest BCUT2D eigenvalue weighted by molar-refractivity contribution is 9.11. The molecule has 4 rings (SSSR count). The summed E-state index contributed by atoms with van der Waals surface area (Å²) in [4.78, 5) is 14.4. The zero-order valence-electron chi connectivity index (χ0n) is 18.1. The lowest BCUT2D eigenvalue weighted by atomic mass is 9.65. The minimum Gasteiger partial charge on any atom is -0.296 e. The van der Waals surface area contributed by atoms with Crippen LogP contribution in [0.5, 0.6) is 0 Å². The van der Waals surface area contributed by atoms with Crippen LogP contribution in [-0.2, 0) is 4.79 Å². The molecule has 0 radical (unpaired) electrons. The molecule has 30 heavy (non-hydrogen) atoms. The van der Waals surface area contributed by atoms with Crippen LogP contribution in [-0.4, -0.2) is 14.4 Å². The van der Waals surface area contributed by atoms with Crippen LogP contribution < -0.4 is 0 Å². The van der Waals surface area contributed by atoms with Crippen molar-refractivity contribution in [2.75, 3.05) is 0 Å². The molecule has 0 bridgehead atoms. The summed E-state index contributed by atoms with van der Waals surface area (Å²) in [5, 5.41) is 0. The SMILES string of the molecule is Cc1ccc(C2CCCCC2(Br)C(=O)C2(Br)CCCCC2c2ccc(C)cc2)cc1. The number of Topliss-reactive ketones (excluding diaryl/α,β-unsaturated/α-hetero) is 1. The largest absolute Gasteiger partial charge is 0.296 e. The van der Waals surface area contributed by atoms with Crippen molar-refractivity contribution in [2.24, 2.45) is 0 Å². The third kappa shape index (κ3) is 4.09. The first-order chi connectivity index (χ1) is 14.3. The number of carbonyl (C=O) groups excluding carboxylic acids is 1. The number of carbonyl (C=O) groups is 1. The number of hydrogen-bond donors (Lipinski definition) is 0. The zero-order chi connectivity index (χ0) is 21.4. The van der Waals surface area contributed by atoms with Crippen molar-refractivity contribution in [1.82, 2.24) is 0 Å². The molecule has 3 heteroatoms. The van der Waals surface area contributed by atoms with Gasteiger partial charge in [-0.2, -0.15) is 0 Å². The summed E-state index contributed by atoms with van der Waals surface area (Å²) in [7, 11) is 0. The van der Waals surface area contributed by atoms with Crippen LogP contribution in [0.1, 0.15) is 85.5 Å². The Bertz CT molecular complexity index is 815. The van der Waals surface area contributed by atoms with Crippen LogP contribution in [0.4, 0.5) is 0 Å². The second kappa shape index (κ2) is 8.90. The van der Waals surface area contributed by atoms with Crippen LogP contribution >= 0.6 is 31.9 Å². The second-order valence-corrected chi connectivity index (χ2v) is 12.3. The smallest absolute Gasteiger partial charge is 0.167 e. The molecule has 2 aromatic carbocycles. The number of hydrogen-bond acceptors (Lipinski definition) is 1. The van der Waals surface area contributed by atoms with Crippen molar-refractivity contribution in [3.63, 3.8) is 0 Å². The number of ketones is 1. The molecule has 160 valence electrons. The fraction of sp³-hybridized carbons (Fsp3) is 0.519. The first-order valence-electron chi connectivity index (χ1n) is 11.4. The van der Waals surface area contributed by atoms with Crippen LogP contribution in [0.15, 0.2) is 48.5 Å². The van der Waals surface area contributed by atoms with E-state index in [-0.39, 0.29) is 11.8 Å². The average molecular weight is 532 g/mol. The summed E-state index contributed by atoms with van der Waals surface area (Å²) in [6.45, 7) is 4.25. The molecule has 4 unspecified atom stereocenters. The maximum Gasteiger partial charge on any atom is 0.167 e. The van der Waals surface area contributed by atoms with Crippen molar-refractivity contribution < 1.29 is 4.79 Å². The Morgan fingerprint density at radius 3 is 1.43 bits per heavy atom. The molecule has 0 heterocycles. The lowest BCUT2D eigenvalue weighted by Gasteiger charge is -2.47. The Morgan fingerprint density at radius 2 is 1.07 bits per heavy atom. The number of halogens is 2. The molecule has 2 saturated carbocycles. The summed E-state index contributed by atoms with van der Waals surface area (Å²) >= 11 is 8.17. The van der Waals surface area contributed by atoms with Gasteiger partial charge in [0.1, 0.15) is 0 Å². The van der Waals surface area contributed by atoms with E-state index in [1.165, 1.54) is 35.1 Å². The Morgan fingerprint density at radius 1 is 0.700 bits per heavy atom. The molecule has 2 fully saturated rings. The molecule has 0 spiro atoms. The fourth-order valence-electron chi connectivity index (χ4n) is 5.62. The standard InChI is InChI=1S/C27H32Br2O/c1-19-9-13-21(14-10-19)23-7-3-5-17-26(23,28)25(30)27(29)18-6-4-8-24(27)22-15-11-20(2)12-16-22/h9-16,23-24H,3-8,17-18H2,1-2H3. The molecule has 2 aliphatic carbocycles. The molecule has 2 aromatic rings. The van der Waals surface area contributed by atoms with Gasteiger partial charge in [-0.05, 0) is 50.7 Å². The summed E-state index contributed by atoms with van der Waals surface area (Å²) in [5.41, 5.74) is 5.13. The molecular weight excluding hydrogens is 500 g/mol. The summed E-state index contributed by atoms with van der Waals surface area (Å²) < 4.78 is -0.991. The first kappa shape index (κ1) is 22.3. The predicted octanol–water partition coefficient (Wildman–Crippen LogP) is 8.16. The molecule has 0 N–H and O–H groups in total. The summed E-state index contributed by atoms with van der Waals surface area (Å²) in [5.74, 6) is 0.828. The van der Waals surface area contributed by atoms with E-state index in [0.29, 0.717) is 5.78 Å². The number of rotatable bonds is 4. The van der Waals surface area contributed by atoms with E-state index in [1.807, 2.05) is 0 Å². The van der Waals surface area contributed by atoms with Crippen molar-refractivity contribution in [1.29, 1.82) is 0 Å². The third-order valence-corrected chi connectivity index (χ3v) is 10.0. The molecule has 0 aliphatic heterocycles. The number of benzene rings is 2. The van der Waals surface area contributed by atoms with E-state index in [9.17, 15) is 4.79 Å². The Balaban J connectivity index is 1.71. The van der Waals surface area contributed by atoms with E-state index in [4.69, 9.17) is 0 Å². The van der Waals surface area contributed by atoms with Crippen LogP contribution in [0, 0.1) is 13.8 Å². The van der Waals surface area contributed by atoms with Crippen molar-refractivity contribution in [3.05, 3.63) is 70.8 Å². The van der Waals surface area contributed by atoms with E-state index in [0.717, 1.165) is 38.5 Å². The van der Waals surface area contributed by atoms with Crippen LogP contribution in [0.2, 0.25) is 0 Å². The highest BCUT2D eigenvalue weighted by atomic mass is 79.9. The molecular formula is C27H32Br2O. The maximum atomic E-state index is 14.4. The highest BCUT2D eigenvalue weighted by Gasteiger charge is 2.56. The van der Waals surface area contributed by atoms with E-state index < -0.39 is 8.65 Å². The summed E-state index contributed by atoms with van der Waals surface area (Å²) in [6.07, 6.45) is 8.56. The van der Waals surface area contributed by atoms with Gasteiger partial charge in [0, 0.05) is 11.8 Å². The van der Waals surface area contributed by atoms with Gasteiger partial charge in [0.15, 0.2) is 5.78 Å². The minimum absolute atomic E-state index is 0.231. The predicted molar refractivity (Wildman–Crippen MR) is 133 cm³/mol. The zero-order valence-corrected chi connectivity index (χ0v) is 21.3. The fourth-order valence-corrected chi connectivity index (χ4v) is 8.14. The highest BCUT2D eigenvalue weighted by Crippen LogP contribution is 2.56. The first-order valence-corrected chi connectivity index (χ1v) is 13.0. The van der Waals surface area contributed by atoms with Gasteiger partial charge >= 0.3 is 0 Å². The summed E-state index contributed by atoms with van der Waals surface area (Å²) in [6, 6.07) is 17.6. The molecule has 4 atom stereocenters. The van der Waals surface area contributed by atoms with E-state index >= 15 is 0 Å². The molecule has 0 aromatic heterocycles. The van der Waals surface area contributed by atoms with Gasteiger partial charge in [-0.1, -0.05) is 117 Å². The van der Waals surface area contributed by atoms with Crippen LogP contribution in [0.3, 0.4) is 0 Å². The molecule has 1 nitrogen and oxygen atoms in total. The van der Waals surface area contributed by atoms with Gasteiger partial charge in [-0.25, -0.2) is 0 Å². The van der Waals surface area contributed by atoms with Crippen molar-refractivity contribution >= 4 is 37.6 Å². The minimum atomic E-state index is -0.496. The van der Waals surface area contributed by atoms with Crippen LogP contribution in [0.25, 0.3) is 0 Å². The molecule has 2 aliphatic rings. The van der Waals surface area contributed by atoms with Gasteiger partial charge in [0.05, 0.1) is 8.65 Å². The molecule has 0 saturated heterocycles. The van der Waals surface area contributed by atoms with Gasteiger partial charge in [-0.3, -0.25) is 4.79 Å². The van der Waals surface area contributed by atoms with Crippen molar-refractivity contribution in [3.8, 4) is 0 Å². The quantitative estimate of drug-likeness (QED) is 0.363. The van der Waals surface area contributed by atoms with Gasteiger partial charge in [0.2, 0.25) is 0 Å². The van der Waals surface area contributed by atoms with Gasteiger partial charge in [-0.15, -0.1) is 0 Å². The number of aryl methyl sites for hydroxylation is 2.